The first kappa shape index (κ1) is 18.0. The number of esters is 1. The lowest BCUT2D eigenvalue weighted by Crippen LogP contribution is -2.11. The van der Waals surface area contributed by atoms with Gasteiger partial charge in [0.05, 0.1) is 10.6 Å². The van der Waals surface area contributed by atoms with E-state index < -0.39 is 3.96 Å². The summed E-state index contributed by atoms with van der Waals surface area (Å²) in [6.07, 6.45) is 10.1. The smallest absolute Gasteiger partial charge is 0.330 e. The Morgan fingerprint density at radius 2 is 1.61 bits per heavy atom. The molecule has 0 rings (SSSR count). The fourth-order valence-electron chi connectivity index (χ4n) is 1.65. The van der Waals surface area contributed by atoms with Crippen molar-refractivity contribution in [3.8, 4) is 0 Å². The maximum Gasteiger partial charge on any atom is 0.330 e. The van der Waals surface area contributed by atoms with Crippen LogP contribution in [-0.2, 0) is 9.53 Å². The van der Waals surface area contributed by atoms with Gasteiger partial charge < -0.3 is 4.74 Å². The highest BCUT2D eigenvalue weighted by Gasteiger charge is 2.14. The number of hydrogen-bond donors (Lipinski definition) is 0. The third-order valence-corrected chi connectivity index (χ3v) is 3.55. The predicted molar refractivity (Wildman–Crippen MR) is 82.5 cm³/mol. The minimum Gasteiger partial charge on any atom is -0.463 e. The van der Waals surface area contributed by atoms with Crippen LogP contribution < -0.4 is 0 Å². The van der Waals surface area contributed by atoms with E-state index in [1.165, 1.54) is 31.8 Å². The van der Waals surface area contributed by atoms with Gasteiger partial charge in [0.15, 0.2) is 0 Å². The monoisotopic (exact) mass is 310 g/mol. The highest BCUT2D eigenvalue weighted by atomic mass is 35.5. The third kappa shape index (κ3) is 14.1. The minimum absolute atomic E-state index is 0.330. The Hall–Kier alpha value is 0.00688. The molecule has 2 nitrogen and oxygen atoms in total. The molecule has 18 heavy (non-hydrogen) atoms. The fourth-order valence-corrected chi connectivity index (χ4v) is 2.27. The van der Waals surface area contributed by atoms with E-state index in [2.05, 4.69) is 6.58 Å². The number of hydrogen-bond acceptors (Lipinski definition) is 2. The second-order valence-electron chi connectivity index (χ2n) is 4.67. The molecule has 0 radical (unpaired) electrons. The van der Waals surface area contributed by atoms with E-state index in [-0.39, 0.29) is 5.97 Å². The zero-order chi connectivity index (χ0) is 13.9. The number of alkyl halides is 2. The minimum atomic E-state index is -0.435. The van der Waals surface area contributed by atoms with Crippen molar-refractivity contribution in [1.82, 2.24) is 0 Å². The van der Waals surface area contributed by atoms with Gasteiger partial charge in [0, 0.05) is 16.3 Å². The molecule has 0 atom stereocenters. The van der Waals surface area contributed by atoms with Gasteiger partial charge in [0.1, 0.15) is 0 Å². The van der Waals surface area contributed by atoms with E-state index in [9.17, 15) is 4.79 Å². The molecule has 0 aliphatic rings. The number of ether oxygens (including phenoxy) is 1. The Morgan fingerprint density at radius 3 is 2.11 bits per heavy atom. The second-order valence-corrected chi connectivity index (χ2v) is 9.50. The molecule has 0 spiro atoms. The van der Waals surface area contributed by atoms with Crippen LogP contribution in [0.1, 0.15) is 51.4 Å². The maximum absolute atomic E-state index is 10.7. The second kappa shape index (κ2) is 10.9. The molecular formula is C13H24Cl2O2Si. The van der Waals surface area contributed by atoms with Crippen LogP contribution in [0, 0.1) is 0 Å². The van der Waals surface area contributed by atoms with E-state index in [1.54, 1.807) is 0 Å². The lowest BCUT2D eigenvalue weighted by molar-refractivity contribution is -0.137. The third-order valence-electron chi connectivity index (χ3n) is 2.67. The van der Waals surface area contributed by atoms with Crippen molar-refractivity contribution in [1.29, 1.82) is 0 Å². The van der Waals surface area contributed by atoms with Crippen molar-refractivity contribution in [2.24, 2.45) is 0 Å². The summed E-state index contributed by atoms with van der Waals surface area (Å²) < 4.78 is 4.46. The van der Waals surface area contributed by atoms with Gasteiger partial charge in [0.25, 0.3) is 0 Å². The molecule has 0 aromatic heterocycles. The molecule has 5 heteroatoms. The number of unbranched alkanes of at least 4 members (excludes halogenated alkanes) is 6. The first-order chi connectivity index (χ1) is 8.45. The van der Waals surface area contributed by atoms with Gasteiger partial charge in [0.2, 0.25) is 0 Å². The normalized spacial score (nSPS) is 11.4. The molecule has 0 unspecified atom stereocenters. The van der Waals surface area contributed by atoms with Crippen molar-refractivity contribution < 1.29 is 9.53 Å². The van der Waals surface area contributed by atoms with Gasteiger partial charge >= 0.3 is 5.97 Å². The summed E-state index contributed by atoms with van der Waals surface area (Å²) in [7, 11) is 0.830. The highest BCUT2D eigenvalue weighted by Crippen LogP contribution is 2.23. The quantitative estimate of drug-likeness (QED) is 0.192. The Morgan fingerprint density at radius 1 is 1.11 bits per heavy atom. The molecule has 0 saturated heterocycles. The number of carbonyl (C=O) groups excluding carboxylic acids is 1. The van der Waals surface area contributed by atoms with Gasteiger partial charge in [-0.3, -0.25) is 0 Å². The molecule has 0 heterocycles. The molecule has 0 fully saturated rings. The summed E-state index contributed by atoms with van der Waals surface area (Å²) in [6.45, 7) is 3.85. The van der Waals surface area contributed by atoms with E-state index in [4.69, 9.17) is 27.9 Å². The summed E-state index contributed by atoms with van der Waals surface area (Å²) in [6, 6.07) is 0. The van der Waals surface area contributed by atoms with Crippen molar-refractivity contribution in [2.75, 3.05) is 6.61 Å². The Balaban J connectivity index is 3.12. The molecule has 0 aliphatic carbocycles. The van der Waals surface area contributed by atoms with Gasteiger partial charge in [-0.2, -0.15) is 0 Å². The maximum atomic E-state index is 10.7. The SMILES string of the molecule is C=CC(=O)OCCCCCCCCCC([SiH3])(Cl)Cl. The largest absolute Gasteiger partial charge is 0.463 e. The average Bonchev–Trinajstić information content (AvgIpc) is 2.29. The molecule has 0 bridgehead atoms. The van der Waals surface area contributed by atoms with Gasteiger partial charge in [-0.25, -0.2) is 4.79 Å². The standard InChI is InChI=1S/C13H24Cl2O2Si/c1-2-12(16)17-11-9-7-5-3-4-6-8-10-13(14,15)18/h2H,1,3-11H2,18H3. The summed E-state index contributed by atoms with van der Waals surface area (Å²) in [5.41, 5.74) is 0. The Bertz CT molecular complexity index is 240. The predicted octanol–water partition coefficient (Wildman–Crippen LogP) is 3.33. The highest BCUT2D eigenvalue weighted by molar-refractivity contribution is 6.65. The molecule has 0 aromatic carbocycles. The molecule has 0 aromatic rings. The van der Waals surface area contributed by atoms with Crippen molar-refractivity contribution in [3.63, 3.8) is 0 Å². The summed E-state index contributed by atoms with van der Waals surface area (Å²) >= 11 is 11.9. The number of rotatable bonds is 11. The first-order valence-electron chi connectivity index (χ1n) is 6.63. The summed E-state index contributed by atoms with van der Waals surface area (Å²) in [5.74, 6) is -0.330. The number of halogens is 2. The van der Waals surface area contributed by atoms with Crippen molar-refractivity contribution in [3.05, 3.63) is 12.7 Å². The van der Waals surface area contributed by atoms with Crippen molar-refractivity contribution in [2.45, 2.75) is 55.3 Å². The van der Waals surface area contributed by atoms with Crippen LogP contribution in [0.15, 0.2) is 12.7 Å². The van der Waals surface area contributed by atoms with Gasteiger partial charge in [-0.05, 0) is 12.8 Å². The van der Waals surface area contributed by atoms with Crippen LogP contribution in [0.5, 0.6) is 0 Å². The molecule has 0 saturated carbocycles. The number of carbonyl (C=O) groups is 1. The van der Waals surface area contributed by atoms with Crippen LogP contribution in [-0.4, -0.2) is 26.8 Å². The van der Waals surface area contributed by atoms with Crippen LogP contribution in [0.25, 0.3) is 0 Å². The van der Waals surface area contributed by atoms with Crippen LogP contribution >= 0.6 is 23.2 Å². The lowest BCUT2D eigenvalue weighted by Gasteiger charge is -2.12. The molecule has 0 N–H and O–H groups in total. The molecule has 0 aliphatic heterocycles. The summed E-state index contributed by atoms with van der Waals surface area (Å²) in [5, 5.41) is 0. The van der Waals surface area contributed by atoms with Gasteiger partial charge in [-0.1, -0.05) is 45.1 Å². The average molecular weight is 311 g/mol. The van der Waals surface area contributed by atoms with E-state index in [0.717, 1.165) is 35.9 Å². The molecule has 106 valence electrons. The fraction of sp³-hybridized carbons (Fsp3) is 0.769. The lowest BCUT2D eigenvalue weighted by atomic mass is 10.1. The molecular weight excluding hydrogens is 287 g/mol. The zero-order valence-electron chi connectivity index (χ0n) is 11.2. The van der Waals surface area contributed by atoms with Crippen LogP contribution in [0.4, 0.5) is 0 Å². The van der Waals surface area contributed by atoms with E-state index >= 15 is 0 Å². The van der Waals surface area contributed by atoms with E-state index in [0.29, 0.717) is 6.61 Å². The van der Waals surface area contributed by atoms with Crippen LogP contribution in [0.2, 0.25) is 0 Å². The molecule has 0 amide bonds. The van der Waals surface area contributed by atoms with Crippen LogP contribution in [0.3, 0.4) is 0 Å². The van der Waals surface area contributed by atoms with Gasteiger partial charge in [-0.15, -0.1) is 23.2 Å². The first-order valence-corrected chi connectivity index (χ1v) is 8.38. The zero-order valence-corrected chi connectivity index (χ0v) is 14.7. The van der Waals surface area contributed by atoms with Crippen molar-refractivity contribution >= 4 is 39.4 Å². The Kier molecular flexibility index (Phi) is 10.9. The van der Waals surface area contributed by atoms with E-state index in [1.807, 2.05) is 0 Å². The topological polar surface area (TPSA) is 26.3 Å². The Labute approximate surface area is 123 Å². The summed E-state index contributed by atoms with van der Waals surface area (Å²) in [4.78, 5) is 10.7.